The van der Waals surface area contributed by atoms with Crippen molar-refractivity contribution in [1.29, 1.82) is 0 Å². The molecular formula is C37H41NO11. The number of benzene rings is 3. The SMILES string of the molecule is CC(C)(C)C(=O)Oc1ccc2c(c1)Oc1cc(OC(=O)C(C)(C)C)ccc1C21OC(=O)c2cc(C(=O)NCCCOCC(O)CO)ccc21. The average Bonchev–Trinajstić information content (AvgIpc) is 3.32. The number of carbonyl (C=O) groups excluding carboxylic acids is 4. The Morgan fingerprint density at radius 3 is 1.92 bits per heavy atom. The minimum Gasteiger partial charge on any atom is -0.456 e. The predicted molar refractivity (Wildman–Crippen MR) is 176 cm³/mol. The maximum Gasteiger partial charge on any atom is 0.340 e. The third-order valence-corrected chi connectivity index (χ3v) is 7.93. The minimum atomic E-state index is -1.50. The summed E-state index contributed by atoms with van der Waals surface area (Å²) in [5, 5.41) is 21.0. The molecule has 1 unspecified atom stereocenters. The molecule has 2 heterocycles. The summed E-state index contributed by atoms with van der Waals surface area (Å²) >= 11 is 0. The van der Waals surface area contributed by atoms with Gasteiger partial charge in [-0.3, -0.25) is 14.4 Å². The number of hydrogen-bond donors (Lipinski definition) is 3. The van der Waals surface area contributed by atoms with E-state index in [-0.39, 0.29) is 53.9 Å². The predicted octanol–water partition coefficient (Wildman–Crippen LogP) is 4.65. The number of carbonyl (C=O) groups is 4. The molecule has 2 aliphatic rings. The van der Waals surface area contributed by atoms with E-state index >= 15 is 0 Å². The zero-order valence-electron chi connectivity index (χ0n) is 28.4. The van der Waals surface area contributed by atoms with Crippen LogP contribution in [-0.2, 0) is 24.7 Å². The molecule has 2 aliphatic heterocycles. The summed E-state index contributed by atoms with van der Waals surface area (Å²) in [5.74, 6) is -1.03. The van der Waals surface area contributed by atoms with Gasteiger partial charge in [0.05, 0.1) is 29.6 Å². The number of esters is 3. The first-order valence-electron chi connectivity index (χ1n) is 16.0. The molecule has 5 rings (SSSR count). The van der Waals surface area contributed by atoms with Gasteiger partial charge in [-0.15, -0.1) is 0 Å². The fourth-order valence-electron chi connectivity index (χ4n) is 5.23. The molecule has 1 amide bonds. The molecule has 260 valence electrons. The van der Waals surface area contributed by atoms with Crippen LogP contribution in [0, 0.1) is 10.8 Å². The van der Waals surface area contributed by atoms with E-state index in [2.05, 4.69) is 5.32 Å². The summed E-state index contributed by atoms with van der Waals surface area (Å²) in [6, 6.07) is 14.3. The Balaban J connectivity index is 1.50. The third-order valence-electron chi connectivity index (χ3n) is 7.93. The van der Waals surface area contributed by atoms with Crippen LogP contribution in [0.2, 0.25) is 0 Å². The first-order chi connectivity index (χ1) is 23.0. The highest BCUT2D eigenvalue weighted by molar-refractivity contribution is 6.01. The van der Waals surface area contributed by atoms with Gasteiger partial charge < -0.3 is 39.2 Å². The van der Waals surface area contributed by atoms with Crippen LogP contribution in [0.4, 0.5) is 0 Å². The van der Waals surface area contributed by atoms with E-state index in [4.69, 9.17) is 28.8 Å². The van der Waals surface area contributed by atoms with Gasteiger partial charge in [-0.2, -0.15) is 0 Å². The van der Waals surface area contributed by atoms with Gasteiger partial charge in [-0.05, 0) is 84.4 Å². The van der Waals surface area contributed by atoms with Crippen molar-refractivity contribution in [1.82, 2.24) is 5.32 Å². The van der Waals surface area contributed by atoms with Crippen molar-refractivity contribution < 1.29 is 53.1 Å². The summed E-state index contributed by atoms with van der Waals surface area (Å²) in [4.78, 5) is 52.0. The number of aliphatic hydroxyl groups is 2. The molecule has 3 N–H and O–H groups in total. The largest absolute Gasteiger partial charge is 0.456 e. The van der Waals surface area contributed by atoms with Gasteiger partial charge in [0, 0.05) is 47.5 Å². The molecule has 1 atom stereocenters. The van der Waals surface area contributed by atoms with Crippen LogP contribution >= 0.6 is 0 Å². The normalized spacial score (nSPS) is 14.9. The summed E-state index contributed by atoms with van der Waals surface area (Å²) in [6.45, 7) is 10.6. The van der Waals surface area contributed by atoms with Gasteiger partial charge >= 0.3 is 17.9 Å². The quantitative estimate of drug-likeness (QED) is 0.156. The molecule has 0 radical (unpaired) electrons. The van der Waals surface area contributed by atoms with Crippen LogP contribution in [0.15, 0.2) is 54.6 Å². The van der Waals surface area contributed by atoms with Crippen LogP contribution in [-0.4, -0.2) is 66.5 Å². The van der Waals surface area contributed by atoms with Gasteiger partial charge in [0.25, 0.3) is 5.91 Å². The molecule has 49 heavy (non-hydrogen) atoms. The highest BCUT2D eigenvalue weighted by atomic mass is 16.6. The molecule has 0 fully saturated rings. The van der Waals surface area contributed by atoms with E-state index in [0.717, 1.165) is 0 Å². The lowest BCUT2D eigenvalue weighted by Gasteiger charge is -2.36. The Hall–Kier alpha value is -4.78. The Morgan fingerprint density at radius 1 is 0.837 bits per heavy atom. The molecule has 0 bridgehead atoms. The van der Waals surface area contributed by atoms with Crippen LogP contribution in [0.5, 0.6) is 23.0 Å². The van der Waals surface area contributed by atoms with E-state index < -0.39 is 53.0 Å². The first kappa shape index (κ1) is 35.5. The van der Waals surface area contributed by atoms with Crippen LogP contribution in [0.1, 0.15) is 85.4 Å². The highest BCUT2D eigenvalue weighted by Crippen LogP contribution is 2.57. The summed E-state index contributed by atoms with van der Waals surface area (Å²) in [7, 11) is 0. The van der Waals surface area contributed by atoms with Gasteiger partial charge in [-0.25, -0.2) is 4.79 Å². The maximum atomic E-state index is 13.6. The first-order valence-corrected chi connectivity index (χ1v) is 16.0. The molecule has 3 aromatic carbocycles. The van der Waals surface area contributed by atoms with Crippen molar-refractivity contribution in [3.05, 3.63) is 82.4 Å². The second-order valence-corrected chi connectivity index (χ2v) is 14.0. The number of rotatable bonds is 10. The Morgan fingerprint density at radius 2 is 1.39 bits per heavy atom. The van der Waals surface area contributed by atoms with E-state index in [1.54, 1.807) is 90.1 Å². The number of nitrogens with one attached hydrogen (secondary N) is 1. The van der Waals surface area contributed by atoms with Gasteiger partial charge in [0.15, 0.2) is 5.60 Å². The van der Waals surface area contributed by atoms with Crippen molar-refractivity contribution >= 4 is 23.8 Å². The molecule has 0 aliphatic carbocycles. The summed E-state index contributed by atoms with van der Waals surface area (Å²) in [5.41, 5.74) is -1.22. The molecular weight excluding hydrogens is 634 g/mol. The van der Waals surface area contributed by atoms with Crippen LogP contribution < -0.4 is 19.5 Å². The molecule has 0 saturated heterocycles. The van der Waals surface area contributed by atoms with Crippen molar-refractivity contribution in [3.8, 4) is 23.0 Å². The van der Waals surface area contributed by atoms with Crippen molar-refractivity contribution in [2.45, 2.75) is 59.7 Å². The Labute approximate surface area is 284 Å². The lowest BCUT2D eigenvalue weighted by Crippen LogP contribution is -2.33. The van der Waals surface area contributed by atoms with Crippen molar-refractivity contribution in [3.63, 3.8) is 0 Å². The molecule has 0 saturated carbocycles. The van der Waals surface area contributed by atoms with E-state index in [1.807, 2.05) is 0 Å². The Bertz CT molecular complexity index is 1710. The monoisotopic (exact) mass is 675 g/mol. The standard InChI is InChI=1S/C37H41NO11/c1-35(2,3)33(43)46-23-9-12-27-29(17-23)48-30-18-24(47-34(44)36(4,5)6)10-13-28(30)37(27)26-11-8-21(16-25(26)32(42)49-37)31(41)38-14-7-15-45-20-22(40)19-39/h8-13,16-18,22,39-40H,7,14-15,19-20H2,1-6H3,(H,38,41). The fourth-order valence-corrected chi connectivity index (χ4v) is 5.23. The van der Waals surface area contributed by atoms with Crippen molar-refractivity contribution in [2.24, 2.45) is 10.8 Å². The van der Waals surface area contributed by atoms with Crippen LogP contribution in [0.25, 0.3) is 0 Å². The zero-order chi connectivity index (χ0) is 35.7. The van der Waals surface area contributed by atoms with E-state index in [9.17, 15) is 24.3 Å². The summed E-state index contributed by atoms with van der Waals surface area (Å²) < 4.78 is 29.1. The minimum absolute atomic E-state index is 0.0107. The van der Waals surface area contributed by atoms with Gasteiger partial charge in [0.2, 0.25) is 0 Å². The fraction of sp³-hybridized carbons (Fsp3) is 0.405. The van der Waals surface area contributed by atoms with Gasteiger partial charge in [0.1, 0.15) is 29.1 Å². The third kappa shape index (κ3) is 7.31. The number of aliphatic hydroxyl groups excluding tert-OH is 2. The lowest BCUT2D eigenvalue weighted by atomic mass is 9.77. The van der Waals surface area contributed by atoms with Gasteiger partial charge in [-0.1, -0.05) is 6.07 Å². The highest BCUT2D eigenvalue weighted by Gasteiger charge is 2.54. The number of fused-ring (bicyclic) bond motifs is 6. The number of ether oxygens (including phenoxy) is 5. The molecule has 3 aromatic rings. The molecule has 12 nitrogen and oxygen atoms in total. The average molecular weight is 676 g/mol. The lowest BCUT2D eigenvalue weighted by molar-refractivity contribution is -0.143. The molecule has 0 aromatic heterocycles. The number of hydrogen-bond acceptors (Lipinski definition) is 11. The molecule has 1 spiro atoms. The number of amides is 1. The second kappa shape index (κ2) is 13.6. The smallest absolute Gasteiger partial charge is 0.340 e. The van der Waals surface area contributed by atoms with Crippen LogP contribution in [0.3, 0.4) is 0 Å². The van der Waals surface area contributed by atoms with E-state index in [1.165, 1.54) is 6.07 Å². The zero-order valence-corrected chi connectivity index (χ0v) is 28.4. The Kier molecular flexibility index (Phi) is 9.87. The maximum absolute atomic E-state index is 13.6. The topological polar surface area (TPSA) is 167 Å². The van der Waals surface area contributed by atoms with Crippen molar-refractivity contribution in [2.75, 3.05) is 26.4 Å². The molecule has 12 heteroatoms. The van der Waals surface area contributed by atoms with E-state index in [0.29, 0.717) is 23.1 Å². The summed E-state index contributed by atoms with van der Waals surface area (Å²) in [6.07, 6.45) is -0.493. The second-order valence-electron chi connectivity index (χ2n) is 14.0.